The summed E-state index contributed by atoms with van der Waals surface area (Å²) in [5, 5.41) is 8.27. The molecule has 0 rings (SSSR count). The minimum Gasteiger partial charge on any atom is -0.301 e. The van der Waals surface area contributed by atoms with E-state index in [0.717, 1.165) is 12.8 Å². The maximum Gasteiger partial charge on any atom is 0.345 e. The highest BCUT2D eigenvalue weighted by molar-refractivity contribution is 5.71. The third kappa shape index (κ3) is 4.88. The molecule has 1 atom stereocenters. The number of carbonyl (C=O) groups is 1. The van der Waals surface area contributed by atoms with E-state index in [2.05, 4.69) is 18.7 Å². The van der Waals surface area contributed by atoms with Gasteiger partial charge in [0.1, 0.15) is 0 Å². The second-order valence-electron chi connectivity index (χ2n) is 4.23. The Kier molecular flexibility index (Phi) is 5.71. The summed E-state index contributed by atoms with van der Waals surface area (Å²) in [6.45, 7) is 8.15. The third-order valence-corrected chi connectivity index (χ3v) is 2.25. The van der Waals surface area contributed by atoms with Gasteiger partial charge in [-0.3, -0.25) is 0 Å². The molecule has 0 aliphatic rings. The van der Waals surface area contributed by atoms with Crippen LogP contribution in [0.25, 0.3) is 0 Å². The zero-order valence-corrected chi connectivity index (χ0v) is 8.91. The first kappa shape index (κ1) is 12.4. The lowest BCUT2D eigenvalue weighted by Gasteiger charge is -2.17. The molecular weight excluding hydrogens is 168 g/mol. The molecule has 0 aromatic heterocycles. The van der Waals surface area contributed by atoms with Gasteiger partial charge in [0.2, 0.25) is 0 Å². The molecule has 0 amide bonds. The minimum absolute atomic E-state index is 0.174. The van der Waals surface area contributed by atoms with Gasteiger partial charge in [0.15, 0.2) is 0 Å². The zero-order chi connectivity index (χ0) is 10.4. The Morgan fingerprint density at radius 1 is 1.23 bits per heavy atom. The monoisotopic (exact) mass is 188 g/mol. The summed E-state index contributed by atoms with van der Waals surface area (Å²) in [6.07, 6.45) is 1.77. The van der Waals surface area contributed by atoms with E-state index >= 15 is 0 Å². The van der Waals surface area contributed by atoms with Gasteiger partial charge in [-0.05, 0) is 18.3 Å². The smallest absolute Gasteiger partial charge is 0.301 e. The lowest BCUT2D eigenvalue weighted by atomic mass is 9.89. The molecule has 0 saturated carbocycles. The lowest BCUT2D eigenvalue weighted by Crippen LogP contribution is -2.22. The number of carbonyl (C=O) groups excluding carboxylic acids is 1. The van der Waals surface area contributed by atoms with Crippen molar-refractivity contribution in [2.24, 2.45) is 17.8 Å². The van der Waals surface area contributed by atoms with Crippen LogP contribution in [0.5, 0.6) is 0 Å². The van der Waals surface area contributed by atoms with Gasteiger partial charge in [0, 0.05) is 0 Å². The Balaban J connectivity index is 4.03. The van der Waals surface area contributed by atoms with Crippen molar-refractivity contribution >= 4 is 5.97 Å². The van der Waals surface area contributed by atoms with E-state index in [-0.39, 0.29) is 11.8 Å². The van der Waals surface area contributed by atoms with Crippen LogP contribution in [0.15, 0.2) is 0 Å². The summed E-state index contributed by atoms with van der Waals surface area (Å²) < 4.78 is 0. The quantitative estimate of drug-likeness (QED) is 0.533. The first-order chi connectivity index (χ1) is 5.99. The molecule has 0 radical (unpaired) electrons. The summed E-state index contributed by atoms with van der Waals surface area (Å²) >= 11 is 0. The second-order valence-corrected chi connectivity index (χ2v) is 4.23. The van der Waals surface area contributed by atoms with Crippen LogP contribution < -0.4 is 0 Å². The molecule has 3 nitrogen and oxygen atoms in total. The Morgan fingerprint density at radius 2 is 1.77 bits per heavy atom. The standard InChI is InChI=1S/C10H20O3/c1-7(2)5-6-9(8(3)4)10(11)13-12/h7-9,12H,5-6H2,1-4H3. The molecule has 0 aromatic carbocycles. The summed E-state index contributed by atoms with van der Waals surface area (Å²) in [7, 11) is 0. The number of hydrogen-bond acceptors (Lipinski definition) is 3. The molecule has 3 heteroatoms. The van der Waals surface area contributed by atoms with Crippen LogP contribution >= 0.6 is 0 Å². The Bertz CT molecular complexity index is 152. The van der Waals surface area contributed by atoms with Crippen LogP contribution in [0.3, 0.4) is 0 Å². The molecule has 0 aromatic rings. The predicted octanol–water partition coefficient (Wildman–Crippen LogP) is 2.71. The van der Waals surface area contributed by atoms with Crippen LogP contribution in [0.1, 0.15) is 40.5 Å². The van der Waals surface area contributed by atoms with Crippen LogP contribution in [0, 0.1) is 17.8 Å². The largest absolute Gasteiger partial charge is 0.345 e. The van der Waals surface area contributed by atoms with E-state index in [1.165, 1.54) is 0 Å². The van der Waals surface area contributed by atoms with Gasteiger partial charge in [0.25, 0.3) is 0 Å². The zero-order valence-electron chi connectivity index (χ0n) is 8.91. The van der Waals surface area contributed by atoms with Crippen molar-refractivity contribution in [2.45, 2.75) is 40.5 Å². The molecule has 78 valence electrons. The van der Waals surface area contributed by atoms with Gasteiger partial charge in [0.05, 0.1) is 5.92 Å². The van der Waals surface area contributed by atoms with E-state index < -0.39 is 5.97 Å². The fourth-order valence-electron chi connectivity index (χ4n) is 1.30. The van der Waals surface area contributed by atoms with Crippen molar-refractivity contribution in [3.05, 3.63) is 0 Å². The SMILES string of the molecule is CC(C)CCC(C(=O)OO)C(C)C. The van der Waals surface area contributed by atoms with Gasteiger partial charge in [-0.2, -0.15) is 5.26 Å². The van der Waals surface area contributed by atoms with E-state index in [1.54, 1.807) is 0 Å². The number of hydrogen-bond donors (Lipinski definition) is 1. The van der Waals surface area contributed by atoms with Crippen molar-refractivity contribution < 1.29 is 14.9 Å². The first-order valence-corrected chi connectivity index (χ1v) is 4.84. The van der Waals surface area contributed by atoms with Gasteiger partial charge >= 0.3 is 5.97 Å². The van der Waals surface area contributed by atoms with E-state index in [1.807, 2.05) is 13.8 Å². The fourth-order valence-corrected chi connectivity index (χ4v) is 1.30. The van der Waals surface area contributed by atoms with Gasteiger partial charge in [-0.15, -0.1) is 0 Å². The van der Waals surface area contributed by atoms with Crippen LogP contribution in [0.4, 0.5) is 0 Å². The first-order valence-electron chi connectivity index (χ1n) is 4.84. The topological polar surface area (TPSA) is 46.5 Å². The lowest BCUT2D eigenvalue weighted by molar-refractivity contribution is -0.240. The van der Waals surface area contributed by atoms with Crippen molar-refractivity contribution in [1.29, 1.82) is 0 Å². The highest BCUT2D eigenvalue weighted by Gasteiger charge is 2.23. The molecule has 0 spiro atoms. The van der Waals surface area contributed by atoms with Crippen molar-refractivity contribution in [3.8, 4) is 0 Å². The molecule has 13 heavy (non-hydrogen) atoms. The molecule has 0 heterocycles. The summed E-state index contributed by atoms with van der Waals surface area (Å²) in [6, 6.07) is 0. The normalized spacial score (nSPS) is 13.5. The molecule has 0 aliphatic heterocycles. The van der Waals surface area contributed by atoms with Crippen molar-refractivity contribution in [1.82, 2.24) is 0 Å². The maximum absolute atomic E-state index is 11.1. The van der Waals surface area contributed by atoms with Crippen LogP contribution in [0.2, 0.25) is 0 Å². The predicted molar refractivity (Wildman–Crippen MR) is 51.1 cm³/mol. The third-order valence-electron chi connectivity index (χ3n) is 2.25. The second kappa shape index (κ2) is 5.97. The molecule has 1 unspecified atom stereocenters. The highest BCUT2D eigenvalue weighted by atomic mass is 17.1. The van der Waals surface area contributed by atoms with Crippen molar-refractivity contribution in [3.63, 3.8) is 0 Å². The molecular formula is C10H20O3. The van der Waals surface area contributed by atoms with Crippen LogP contribution in [-0.2, 0) is 9.68 Å². The van der Waals surface area contributed by atoms with Crippen LogP contribution in [-0.4, -0.2) is 11.2 Å². The average molecular weight is 188 g/mol. The fraction of sp³-hybridized carbons (Fsp3) is 0.900. The van der Waals surface area contributed by atoms with Crippen molar-refractivity contribution in [2.75, 3.05) is 0 Å². The minimum atomic E-state index is -0.504. The van der Waals surface area contributed by atoms with Gasteiger partial charge < -0.3 is 4.89 Å². The van der Waals surface area contributed by atoms with E-state index in [4.69, 9.17) is 5.26 Å². The van der Waals surface area contributed by atoms with E-state index in [0.29, 0.717) is 5.92 Å². The Hall–Kier alpha value is -0.570. The molecule has 0 saturated heterocycles. The summed E-state index contributed by atoms with van der Waals surface area (Å²) in [5.74, 6) is 0.120. The van der Waals surface area contributed by atoms with Gasteiger partial charge in [-0.25, -0.2) is 4.79 Å². The average Bonchev–Trinajstić information content (AvgIpc) is 2.03. The molecule has 1 N–H and O–H groups in total. The molecule has 0 bridgehead atoms. The molecule has 0 aliphatic carbocycles. The molecule has 0 fully saturated rings. The maximum atomic E-state index is 11.1. The van der Waals surface area contributed by atoms with Gasteiger partial charge in [-0.1, -0.05) is 34.1 Å². The highest BCUT2D eigenvalue weighted by Crippen LogP contribution is 2.21. The summed E-state index contributed by atoms with van der Waals surface area (Å²) in [4.78, 5) is 14.9. The summed E-state index contributed by atoms with van der Waals surface area (Å²) in [5.41, 5.74) is 0. The Labute approximate surface area is 80.0 Å². The Morgan fingerprint density at radius 3 is 2.08 bits per heavy atom. The number of rotatable bonds is 5. The van der Waals surface area contributed by atoms with E-state index in [9.17, 15) is 4.79 Å².